The molecule has 0 aliphatic rings. The number of hydrogen-bond donors (Lipinski definition) is 1. The quantitative estimate of drug-likeness (QED) is 0.552. The molecule has 0 spiro atoms. The number of hydrogen-bond acceptors (Lipinski definition) is 2. The molecule has 0 aliphatic carbocycles. The third-order valence-electron chi connectivity index (χ3n) is 1.02. The monoisotopic (exact) mass is 194 g/mol. The Labute approximate surface area is 73.6 Å². The van der Waals surface area contributed by atoms with Crippen molar-refractivity contribution in [1.82, 2.24) is 0 Å². The SMILES string of the molecule is C=C/C(=C\C(O)=C/C)OC(F)(F)F. The van der Waals surface area contributed by atoms with E-state index >= 15 is 0 Å². The summed E-state index contributed by atoms with van der Waals surface area (Å²) in [6.07, 6.45) is -1.87. The molecule has 0 saturated carbocycles. The highest BCUT2D eigenvalue weighted by Gasteiger charge is 2.31. The third kappa shape index (κ3) is 5.84. The maximum atomic E-state index is 11.6. The van der Waals surface area contributed by atoms with Gasteiger partial charge in [0.25, 0.3) is 0 Å². The summed E-state index contributed by atoms with van der Waals surface area (Å²) in [7, 11) is 0. The first-order valence-corrected chi connectivity index (χ1v) is 3.34. The molecule has 13 heavy (non-hydrogen) atoms. The first-order valence-electron chi connectivity index (χ1n) is 3.34. The van der Waals surface area contributed by atoms with Crippen LogP contribution in [0.1, 0.15) is 6.92 Å². The van der Waals surface area contributed by atoms with Crippen LogP contribution in [0.2, 0.25) is 0 Å². The summed E-state index contributed by atoms with van der Waals surface area (Å²) in [6.45, 7) is 4.57. The topological polar surface area (TPSA) is 29.5 Å². The first kappa shape index (κ1) is 11.6. The lowest BCUT2D eigenvalue weighted by molar-refractivity contribution is -0.303. The number of halogens is 3. The second kappa shape index (κ2) is 4.59. The minimum absolute atomic E-state index is 0.320. The molecule has 0 bridgehead atoms. The first-order chi connectivity index (χ1) is 5.89. The van der Waals surface area contributed by atoms with Crippen LogP contribution in [0.15, 0.2) is 36.3 Å². The molecule has 0 aliphatic heterocycles. The van der Waals surface area contributed by atoms with E-state index in [-0.39, 0.29) is 5.76 Å². The van der Waals surface area contributed by atoms with Crippen LogP contribution in [-0.2, 0) is 4.74 Å². The molecule has 0 radical (unpaired) electrons. The number of aliphatic hydroxyl groups is 1. The van der Waals surface area contributed by atoms with E-state index in [9.17, 15) is 13.2 Å². The normalized spacial score (nSPS) is 14.2. The lowest BCUT2D eigenvalue weighted by Crippen LogP contribution is -2.12. The van der Waals surface area contributed by atoms with Crippen molar-refractivity contribution in [1.29, 1.82) is 0 Å². The number of ether oxygens (including phenoxy) is 1. The van der Waals surface area contributed by atoms with Gasteiger partial charge < -0.3 is 9.84 Å². The fourth-order valence-electron chi connectivity index (χ4n) is 0.493. The molecule has 0 unspecified atom stereocenters. The van der Waals surface area contributed by atoms with Gasteiger partial charge in [0.2, 0.25) is 0 Å². The van der Waals surface area contributed by atoms with E-state index in [1.807, 2.05) is 0 Å². The molecule has 0 aromatic carbocycles. The van der Waals surface area contributed by atoms with Crippen molar-refractivity contribution in [2.24, 2.45) is 0 Å². The summed E-state index contributed by atoms with van der Waals surface area (Å²) in [4.78, 5) is 0. The number of allylic oxidation sites excluding steroid dienone is 3. The third-order valence-corrected chi connectivity index (χ3v) is 1.02. The number of aliphatic hydroxyl groups excluding tert-OH is 1. The molecule has 0 aromatic rings. The van der Waals surface area contributed by atoms with Crippen LogP contribution in [0.5, 0.6) is 0 Å². The molecular weight excluding hydrogens is 185 g/mol. The predicted molar refractivity (Wildman–Crippen MR) is 41.8 cm³/mol. The molecule has 1 N–H and O–H groups in total. The lowest BCUT2D eigenvalue weighted by atomic mass is 10.3. The maximum Gasteiger partial charge on any atom is 0.573 e. The van der Waals surface area contributed by atoms with E-state index in [4.69, 9.17) is 5.11 Å². The van der Waals surface area contributed by atoms with Crippen LogP contribution in [0.25, 0.3) is 0 Å². The van der Waals surface area contributed by atoms with Crippen molar-refractivity contribution in [3.05, 3.63) is 36.3 Å². The van der Waals surface area contributed by atoms with Gasteiger partial charge in [0, 0.05) is 6.08 Å². The Kier molecular flexibility index (Phi) is 4.10. The van der Waals surface area contributed by atoms with Crippen molar-refractivity contribution in [2.45, 2.75) is 13.3 Å². The summed E-state index contributed by atoms with van der Waals surface area (Å²) < 4.78 is 38.4. The zero-order chi connectivity index (χ0) is 10.5. The van der Waals surface area contributed by atoms with Gasteiger partial charge in [-0.25, -0.2) is 0 Å². The van der Waals surface area contributed by atoms with E-state index in [1.165, 1.54) is 13.0 Å². The molecule has 0 aromatic heterocycles. The Bertz CT molecular complexity index is 238. The average molecular weight is 194 g/mol. The molecule has 5 heteroatoms. The maximum absolute atomic E-state index is 11.6. The Balaban J connectivity index is 4.53. The molecule has 0 heterocycles. The second-order valence-corrected chi connectivity index (χ2v) is 2.01. The summed E-state index contributed by atoms with van der Waals surface area (Å²) in [6, 6.07) is 0. The van der Waals surface area contributed by atoms with E-state index < -0.39 is 12.1 Å². The zero-order valence-electron chi connectivity index (χ0n) is 6.93. The van der Waals surface area contributed by atoms with E-state index in [1.54, 1.807) is 0 Å². The highest BCUT2D eigenvalue weighted by Crippen LogP contribution is 2.21. The standard InChI is InChI=1S/C8H9F3O2/c1-3-6(12)5-7(4-2)13-8(9,10)11/h3-5,12H,2H2,1H3/b6-3+,7-5+. The van der Waals surface area contributed by atoms with Gasteiger partial charge in [-0.3, -0.25) is 0 Å². The summed E-state index contributed by atoms with van der Waals surface area (Å²) >= 11 is 0. The average Bonchev–Trinajstić information content (AvgIpc) is 2.00. The van der Waals surface area contributed by atoms with Gasteiger partial charge in [-0.05, 0) is 19.1 Å². The second-order valence-electron chi connectivity index (χ2n) is 2.01. The summed E-state index contributed by atoms with van der Waals surface area (Å²) in [5.41, 5.74) is 0. The highest BCUT2D eigenvalue weighted by molar-refractivity contribution is 5.20. The molecule has 74 valence electrons. The number of alkyl halides is 3. The Morgan fingerprint density at radius 3 is 2.31 bits per heavy atom. The van der Waals surface area contributed by atoms with Crippen molar-refractivity contribution in [3.63, 3.8) is 0 Å². The van der Waals surface area contributed by atoms with Gasteiger partial charge in [0.1, 0.15) is 11.5 Å². The van der Waals surface area contributed by atoms with Crippen LogP contribution >= 0.6 is 0 Å². The van der Waals surface area contributed by atoms with E-state index in [0.29, 0.717) is 0 Å². The highest BCUT2D eigenvalue weighted by atomic mass is 19.4. The van der Waals surface area contributed by atoms with Crippen LogP contribution in [-0.4, -0.2) is 11.5 Å². The minimum atomic E-state index is -4.77. The van der Waals surface area contributed by atoms with Crippen molar-refractivity contribution in [3.8, 4) is 0 Å². The zero-order valence-corrected chi connectivity index (χ0v) is 6.93. The van der Waals surface area contributed by atoms with Gasteiger partial charge in [-0.15, -0.1) is 13.2 Å². The van der Waals surface area contributed by atoms with E-state index in [2.05, 4.69) is 11.3 Å². The van der Waals surface area contributed by atoms with Gasteiger partial charge in [-0.2, -0.15) is 0 Å². The van der Waals surface area contributed by atoms with Gasteiger partial charge in [0.15, 0.2) is 0 Å². The molecule has 0 saturated heterocycles. The van der Waals surface area contributed by atoms with Crippen molar-refractivity contribution < 1.29 is 23.0 Å². The predicted octanol–water partition coefficient (Wildman–Crippen LogP) is 3.05. The lowest BCUT2D eigenvalue weighted by Gasteiger charge is -2.08. The Hall–Kier alpha value is -1.39. The molecule has 0 fully saturated rings. The smallest absolute Gasteiger partial charge is 0.508 e. The van der Waals surface area contributed by atoms with E-state index in [0.717, 1.165) is 12.2 Å². The number of rotatable bonds is 3. The molecule has 0 rings (SSSR count). The van der Waals surface area contributed by atoms with Crippen molar-refractivity contribution >= 4 is 0 Å². The molecular formula is C8H9F3O2. The molecule has 0 amide bonds. The van der Waals surface area contributed by atoms with Crippen LogP contribution < -0.4 is 0 Å². The van der Waals surface area contributed by atoms with Crippen LogP contribution in [0.4, 0.5) is 13.2 Å². The Morgan fingerprint density at radius 2 is 2.00 bits per heavy atom. The molecule has 0 atom stereocenters. The van der Waals surface area contributed by atoms with Crippen molar-refractivity contribution in [2.75, 3.05) is 0 Å². The fourth-order valence-corrected chi connectivity index (χ4v) is 0.493. The van der Waals surface area contributed by atoms with Crippen LogP contribution in [0, 0.1) is 0 Å². The summed E-state index contributed by atoms with van der Waals surface area (Å²) in [5, 5.41) is 8.85. The summed E-state index contributed by atoms with van der Waals surface area (Å²) in [5.74, 6) is -0.873. The van der Waals surface area contributed by atoms with Gasteiger partial charge in [0.05, 0.1) is 0 Å². The minimum Gasteiger partial charge on any atom is -0.508 e. The largest absolute Gasteiger partial charge is 0.573 e. The van der Waals surface area contributed by atoms with Gasteiger partial charge >= 0.3 is 6.36 Å². The Morgan fingerprint density at radius 1 is 1.46 bits per heavy atom. The fraction of sp³-hybridized carbons (Fsp3) is 0.250. The molecule has 2 nitrogen and oxygen atoms in total. The van der Waals surface area contributed by atoms with Crippen LogP contribution in [0.3, 0.4) is 0 Å². The van der Waals surface area contributed by atoms with Gasteiger partial charge in [-0.1, -0.05) is 6.58 Å².